The molecule has 1 rings (SSSR count). The third-order valence-electron chi connectivity index (χ3n) is 1.31. The van der Waals surface area contributed by atoms with Gasteiger partial charge in [-0.15, -0.1) is 0 Å². The van der Waals surface area contributed by atoms with Gasteiger partial charge in [-0.25, -0.2) is 0 Å². The fourth-order valence-corrected chi connectivity index (χ4v) is 0.974. The summed E-state index contributed by atoms with van der Waals surface area (Å²) < 4.78 is 5.30. The molecule has 0 aromatic heterocycles. The molecule has 2 nitrogen and oxygen atoms in total. The maximum absolute atomic E-state index is 8.57. The second kappa shape index (κ2) is 4.78. The lowest BCUT2D eigenvalue weighted by atomic mass is 10.2. The number of benzene rings is 1. The minimum atomic E-state index is 0.620. The first-order valence-electron chi connectivity index (χ1n) is 3.56. The van der Waals surface area contributed by atoms with Crippen molar-refractivity contribution in [3.05, 3.63) is 29.8 Å². The third-order valence-corrected chi connectivity index (χ3v) is 1.63. The molecule has 0 amide bonds. The molecule has 0 aliphatic carbocycles. The highest BCUT2D eigenvalue weighted by Gasteiger charge is 1.94. The van der Waals surface area contributed by atoms with Crippen LogP contribution in [0.1, 0.15) is 5.56 Å². The first kappa shape index (κ1) is 9.08. The van der Waals surface area contributed by atoms with Crippen molar-refractivity contribution in [3.63, 3.8) is 0 Å². The molecule has 0 heterocycles. The van der Waals surface area contributed by atoms with Gasteiger partial charge >= 0.3 is 0 Å². The predicted molar refractivity (Wildman–Crippen MR) is 50.4 cm³/mol. The Balaban J connectivity index is 2.68. The SMILES string of the molecule is N#Cc1cccc(OCCBr)c1. The largest absolute Gasteiger partial charge is 0.493 e. The number of ether oxygens (including phenoxy) is 1. The van der Waals surface area contributed by atoms with Gasteiger partial charge in [0.1, 0.15) is 5.75 Å². The Kier molecular flexibility index (Phi) is 3.62. The highest BCUT2D eigenvalue weighted by molar-refractivity contribution is 9.09. The molecular formula is C9H8BrNO. The van der Waals surface area contributed by atoms with Crippen molar-refractivity contribution < 1.29 is 4.74 Å². The molecule has 1 aromatic carbocycles. The molecular weight excluding hydrogens is 218 g/mol. The van der Waals surface area contributed by atoms with Crippen LogP contribution in [0, 0.1) is 11.3 Å². The predicted octanol–water partition coefficient (Wildman–Crippen LogP) is 2.33. The molecule has 0 radical (unpaired) electrons. The van der Waals surface area contributed by atoms with E-state index in [0.29, 0.717) is 12.2 Å². The highest BCUT2D eigenvalue weighted by Crippen LogP contribution is 2.12. The second-order valence-electron chi connectivity index (χ2n) is 2.18. The molecule has 0 saturated carbocycles. The molecule has 1 aromatic rings. The zero-order valence-corrected chi connectivity index (χ0v) is 8.04. The third kappa shape index (κ3) is 2.55. The molecule has 12 heavy (non-hydrogen) atoms. The molecule has 0 unspecified atom stereocenters. The zero-order chi connectivity index (χ0) is 8.81. The van der Waals surface area contributed by atoms with Gasteiger partial charge < -0.3 is 4.74 Å². The number of alkyl halides is 1. The fourth-order valence-electron chi connectivity index (χ4n) is 0.812. The van der Waals surface area contributed by atoms with Crippen LogP contribution in [-0.4, -0.2) is 11.9 Å². The maximum atomic E-state index is 8.57. The number of nitrogens with zero attached hydrogens (tertiary/aromatic N) is 1. The van der Waals surface area contributed by atoms with Crippen LogP contribution in [0.4, 0.5) is 0 Å². The van der Waals surface area contributed by atoms with Crippen LogP contribution in [0.5, 0.6) is 5.75 Å². The summed E-state index contributed by atoms with van der Waals surface area (Å²) in [5.74, 6) is 0.744. The summed E-state index contributed by atoms with van der Waals surface area (Å²) in [7, 11) is 0. The summed E-state index contributed by atoms with van der Waals surface area (Å²) >= 11 is 3.25. The normalized spacial score (nSPS) is 9.00. The number of nitriles is 1. The van der Waals surface area contributed by atoms with E-state index in [1.807, 2.05) is 12.1 Å². The van der Waals surface area contributed by atoms with Gasteiger partial charge in [-0.3, -0.25) is 0 Å². The Hall–Kier alpha value is -1.01. The molecule has 0 spiro atoms. The van der Waals surface area contributed by atoms with Gasteiger partial charge in [-0.1, -0.05) is 22.0 Å². The first-order valence-corrected chi connectivity index (χ1v) is 4.68. The molecule has 0 aliphatic heterocycles. The Morgan fingerprint density at radius 1 is 1.50 bits per heavy atom. The van der Waals surface area contributed by atoms with Gasteiger partial charge in [0.2, 0.25) is 0 Å². The van der Waals surface area contributed by atoms with E-state index >= 15 is 0 Å². The van der Waals surface area contributed by atoms with Crippen LogP contribution in [0.15, 0.2) is 24.3 Å². The molecule has 0 aliphatic rings. The summed E-state index contributed by atoms with van der Waals surface area (Å²) in [6, 6.07) is 9.17. The van der Waals surface area contributed by atoms with Crippen molar-refractivity contribution in [3.8, 4) is 11.8 Å². The van der Waals surface area contributed by atoms with E-state index in [4.69, 9.17) is 10.00 Å². The summed E-state index contributed by atoms with van der Waals surface area (Å²) in [6.45, 7) is 0.620. The lowest BCUT2D eigenvalue weighted by Crippen LogP contribution is -1.97. The van der Waals surface area contributed by atoms with E-state index in [0.717, 1.165) is 11.1 Å². The minimum absolute atomic E-state index is 0.620. The standard InChI is InChI=1S/C9H8BrNO/c10-4-5-12-9-3-1-2-8(6-9)7-11/h1-3,6H,4-5H2. The Labute approximate surface area is 79.9 Å². The van der Waals surface area contributed by atoms with Crippen LogP contribution < -0.4 is 4.74 Å². The summed E-state index contributed by atoms with van der Waals surface area (Å²) in [5, 5.41) is 9.37. The number of rotatable bonds is 3. The van der Waals surface area contributed by atoms with Crippen LogP contribution in [0.25, 0.3) is 0 Å². The van der Waals surface area contributed by atoms with E-state index in [1.165, 1.54) is 0 Å². The summed E-state index contributed by atoms with van der Waals surface area (Å²) in [6.07, 6.45) is 0. The minimum Gasteiger partial charge on any atom is -0.493 e. The second-order valence-corrected chi connectivity index (χ2v) is 2.97. The van der Waals surface area contributed by atoms with Crippen molar-refractivity contribution >= 4 is 15.9 Å². The summed E-state index contributed by atoms with van der Waals surface area (Å²) in [4.78, 5) is 0. The Bertz CT molecular complexity index is 293. The van der Waals surface area contributed by atoms with Gasteiger partial charge in [-0.2, -0.15) is 5.26 Å². The zero-order valence-electron chi connectivity index (χ0n) is 6.46. The lowest BCUT2D eigenvalue weighted by molar-refractivity contribution is 0.345. The molecule has 0 N–H and O–H groups in total. The monoisotopic (exact) mass is 225 g/mol. The van der Waals surface area contributed by atoms with Crippen LogP contribution in [-0.2, 0) is 0 Å². The van der Waals surface area contributed by atoms with E-state index in [1.54, 1.807) is 12.1 Å². The van der Waals surface area contributed by atoms with E-state index in [9.17, 15) is 0 Å². The van der Waals surface area contributed by atoms with E-state index in [2.05, 4.69) is 22.0 Å². The molecule has 0 fully saturated rings. The molecule has 3 heteroatoms. The average Bonchev–Trinajstić information content (AvgIpc) is 2.15. The topological polar surface area (TPSA) is 33.0 Å². The van der Waals surface area contributed by atoms with Gasteiger partial charge in [0.25, 0.3) is 0 Å². The highest BCUT2D eigenvalue weighted by atomic mass is 79.9. The van der Waals surface area contributed by atoms with Crippen molar-refractivity contribution in [1.29, 1.82) is 5.26 Å². The van der Waals surface area contributed by atoms with Crippen LogP contribution in [0.2, 0.25) is 0 Å². The number of hydrogen-bond acceptors (Lipinski definition) is 2. The van der Waals surface area contributed by atoms with Crippen LogP contribution >= 0.6 is 15.9 Å². The van der Waals surface area contributed by atoms with E-state index < -0.39 is 0 Å². The van der Waals surface area contributed by atoms with Gasteiger partial charge in [-0.05, 0) is 18.2 Å². The van der Waals surface area contributed by atoms with Crippen molar-refractivity contribution in [2.75, 3.05) is 11.9 Å². The average molecular weight is 226 g/mol. The molecule has 0 bridgehead atoms. The van der Waals surface area contributed by atoms with E-state index in [-0.39, 0.29) is 0 Å². The lowest BCUT2D eigenvalue weighted by Gasteiger charge is -2.02. The van der Waals surface area contributed by atoms with Crippen molar-refractivity contribution in [2.24, 2.45) is 0 Å². The first-order chi connectivity index (χ1) is 5.86. The van der Waals surface area contributed by atoms with Gasteiger partial charge in [0.05, 0.1) is 18.2 Å². The number of hydrogen-bond donors (Lipinski definition) is 0. The molecule has 0 saturated heterocycles. The fraction of sp³-hybridized carbons (Fsp3) is 0.222. The van der Waals surface area contributed by atoms with Crippen molar-refractivity contribution in [2.45, 2.75) is 0 Å². The Morgan fingerprint density at radius 2 is 2.33 bits per heavy atom. The Morgan fingerprint density at radius 3 is 3.00 bits per heavy atom. The van der Waals surface area contributed by atoms with Gasteiger partial charge in [0, 0.05) is 5.33 Å². The maximum Gasteiger partial charge on any atom is 0.120 e. The smallest absolute Gasteiger partial charge is 0.120 e. The summed E-state index contributed by atoms with van der Waals surface area (Å²) in [5.41, 5.74) is 0.627. The van der Waals surface area contributed by atoms with Crippen LogP contribution in [0.3, 0.4) is 0 Å². The molecule has 62 valence electrons. The number of halogens is 1. The molecule has 0 atom stereocenters. The van der Waals surface area contributed by atoms with Crippen molar-refractivity contribution in [1.82, 2.24) is 0 Å². The quantitative estimate of drug-likeness (QED) is 0.741. The van der Waals surface area contributed by atoms with Gasteiger partial charge in [0.15, 0.2) is 0 Å².